The van der Waals surface area contributed by atoms with E-state index in [0.717, 1.165) is 19.3 Å². The topological polar surface area (TPSA) is 20.2 Å². The Morgan fingerprint density at radius 1 is 1.08 bits per heavy atom. The van der Waals surface area contributed by atoms with Gasteiger partial charge in [-0.25, -0.2) is 0 Å². The summed E-state index contributed by atoms with van der Waals surface area (Å²) >= 11 is 0. The van der Waals surface area contributed by atoms with Crippen LogP contribution in [0.2, 0.25) is 0 Å². The van der Waals surface area contributed by atoms with Gasteiger partial charge >= 0.3 is 0 Å². The second kappa shape index (κ2) is 11.3. The lowest BCUT2D eigenvalue weighted by Crippen LogP contribution is -1.74. The molecule has 1 N–H and O–H groups in total. The Hall–Kier alpha value is -0.740. The summed E-state index contributed by atoms with van der Waals surface area (Å²) in [5.41, 5.74) is 0. The van der Waals surface area contributed by atoms with Crippen molar-refractivity contribution in [3.63, 3.8) is 0 Å². The standard InChI is InChI=1S/C12H20O/c1-2-3-4-5-6-7-8-9-10-11-12-13/h5-6,13H,2-4,7-9,12H2,1H3. The molecule has 0 radical (unpaired) electrons. The Labute approximate surface area is 81.9 Å². The van der Waals surface area contributed by atoms with Gasteiger partial charge in [0.05, 0.1) is 0 Å². The van der Waals surface area contributed by atoms with Gasteiger partial charge in [-0.05, 0) is 19.3 Å². The van der Waals surface area contributed by atoms with Crippen molar-refractivity contribution in [1.29, 1.82) is 0 Å². The van der Waals surface area contributed by atoms with Gasteiger partial charge in [0.15, 0.2) is 0 Å². The fourth-order valence-corrected chi connectivity index (χ4v) is 1.01. The SMILES string of the molecule is CCCCC=CCCCC#CCO. The normalized spacial score (nSPS) is 10.0. The largest absolute Gasteiger partial charge is 0.384 e. The lowest BCUT2D eigenvalue weighted by Gasteiger charge is -1.89. The van der Waals surface area contributed by atoms with Crippen molar-refractivity contribution in [2.24, 2.45) is 0 Å². The van der Waals surface area contributed by atoms with Crippen LogP contribution in [0.1, 0.15) is 45.4 Å². The van der Waals surface area contributed by atoms with Crippen LogP contribution in [0.25, 0.3) is 0 Å². The maximum atomic E-state index is 8.38. The number of rotatable bonds is 6. The zero-order chi connectivity index (χ0) is 9.78. The molecule has 0 aliphatic heterocycles. The van der Waals surface area contributed by atoms with Crippen molar-refractivity contribution in [2.75, 3.05) is 6.61 Å². The zero-order valence-corrected chi connectivity index (χ0v) is 8.55. The molecule has 0 rings (SSSR count). The first-order valence-corrected chi connectivity index (χ1v) is 5.13. The van der Waals surface area contributed by atoms with Gasteiger partial charge in [-0.15, -0.1) is 5.92 Å². The van der Waals surface area contributed by atoms with E-state index in [0.29, 0.717) is 0 Å². The predicted octanol–water partition coefficient (Wildman–Crippen LogP) is 2.90. The van der Waals surface area contributed by atoms with Crippen LogP contribution in [-0.4, -0.2) is 11.7 Å². The summed E-state index contributed by atoms with van der Waals surface area (Å²) in [6, 6.07) is 0. The summed E-state index contributed by atoms with van der Waals surface area (Å²) in [7, 11) is 0. The Morgan fingerprint density at radius 3 is 2.38 bits per heavy atom. The van der Waals surface area contributed by atoms with Crippen LogP contribution in [0, 0.1) is 11.8 Å². The van der Waals surface area contributed by atoms with E-state index in [9.17, 15) is 0 Å². The average Bonchev–Trinajstić information content (AvgIpc) is 2.16. The van der Waals surface area contributed by atoms with E-state index in [1.165, 1.54) is 19.3 Å². The first-order chi connectivity index (χ1) is 6.41. The Morgan fingerprint density at radius 2 is 1.77 bits per heavy atom. The number of aliphatic hydroxyl groups is 1. The minimum absolute atomic E-state index is 0.00760. The third-order valence-corrected chi connectivity index (χ3v) is 1.77. The minimum Gasteiger partial charge on any atom is -0.384 e. The molecule has 0 saturated carbocycles. The smallest absolute Gasteiger partial charge is 0.104 e. The summed E-state index contributed by atoms with van der Waals surface area (Å²) in [5, 5.41) is 8.38. The maximum absolute atomic E-state index is 8.38. The fourth-order valence-electron chi connectivity index (χ4n) is 1.01. The maximum Gasteiger partial charge on any atom is 0.104 e. The van der Waals surface area contributed by atoms with E-state index in [4.69, 9.17) is 5.11 Å². The lowest BCUT2D eigenvalue weighted by atomic mass is 10.2. The number of unbranched alkanes of at least 4 members (excludes halogenated alkanes) is 4. The average molecular weight is 180 g/mol. The van der Waals surface area contributed by atoms with Gasteiger partial charge in [0.1, 0.15) is 6.61 Å². The number of hydrogen-bond donors (Lipinski definition) is 1. The van der Waals surface area contributed by atoms with Gasteiger partial charge in [0.25, 0.3) is 0 Å². The molecule has 0 amide bonds. The van der Waals surface area contributed by atoms with Crippen LogP contribution in [-0.2, 0) is 0 Å². The quantitative estimate of drug-likeness (QED) is 0.378. The highest BCUT2D eigenvalue weighted by atomic mass is 16.2. The molecule has 0 unspecified atom stereocenters. The molecule has 13 heavy (non-hydrogen) atoms. The molecular weight excluding hydrogens is 160 g/mol. The molecule has 0 bridgehead atoms. The monoisotopic (exact) mass is 180 g/mol. The summed E-state index contributed by atoms with van der Waals surface area (Å²) in [6.07, 6.45) is 11.4. The zero-order valence-electron chi connectivity index (χ0n) is 8.55. The highest BCUT2D eigenvalue weighted by Crippen LogP contribution is 1.99. The van der Waals surface area contributed by atoms with Crippen molar-refractivity contribution in [3.8, 4) is 11.8 Å². The summed E-state index contributed by atoms with van der Waals surface area (Å²) < 4.78 is 0. The second-order valence-electron chi connectivity index (χ2n) is 3.02. The Kier molecular flexibility index (Phi) is 10.6. The molecule has 1 nitrogen and oxygen atoms in total. The van der Waals surface area contributed by atoms with E-state index >= 15 is 0 Å². The molecule has 0 aliphatic carbocycles. The van der Waals surface area contributed by atoms with Gasteiger partial charge in [0.2, 0.25) is 0 Å². The van der Waals surface area contributed by atoms with Gasteiger partial charge in [0, 0.05) is 6.42 Å². The molecule has 0 saturated heterocycles. The van der Waals surface area contributed by atoms with Crippen molar-refractivity contribution in [2.45, 2.75) is 45.4 Å². The van der Waals surface area contributed by atoms with Crippen molar-refractivity contribution >= 4 is 0 Å². The molecule has 0 aromatic rings. The van der Waals surface area contributed by atoms with E-state index in [-0.39, 0.29) is 6.61 Å². The summed E-state index contributed by atoms with van der Waals surface area (Å²) in [6.45, 7) is 2.20. The van der Waals surface area contributed by atoms with Crippen LogP contribution in [0.4, 0.5) is 0 Å². The molecular formula is C12H20O. The van der Waals surface area contributed by atoms with Gasteiger partial charge in [-0.3, -0.25) is 0 Å². The van der Waals surface area contributed by atoms with E-state index in [1.807, 2.05) is 0 Å². The lowest BCUT2D eigenvalue weighted by molar-refractivity contribution is 0.350. The number of allylic oxidation sites excluding steroid dienone is 2. The Balaban J connectivity index is 3.10. The summed E-state index contributed by atoms with van der Waals surface area (Å²) in [4.78, 5) is 0. The molecule has 0 atom stereocenters. The molecule has 0 aromatic heterocycles. The van der Waals surface area contributed by atoms with E-state index in [1.54, 1.807) is 0 Å². The summed E-state index contributed by atoms with van der Waals surface area (Å²) in [5.74, 6) is 5.54. The molecule has 1 heteroatoms. The van der Waals surface area contributed by atoms with Gasteiger partial charge < -0.3 is 5.11 Å². The van der Waals surface area contributed by atoms with Crippen LogP contribution >= 0.6 is 0 Å². The second-order valence-corrected chi connectivity index (χ2v) is 3.02. The molecule has 0 aromatic carbocycles. The van der Waals surface area contributed by atoms with Crippen LogP contribution in [0.5, 0.6) is 0 Å². The minimum atomic E-state index is -0.00760. The van der Waals surface area contributed by atoms with Crippen LogP contribution in [0.3, 0.4) is 0 Å². The molecule has 0 spiro atoms. The molecule has 0 fully saturated rings. The molecule has 74 valence electrons. The first-order valence-electron chi connectivity index (χ1n) is 5.13. The van der Waals surface area contributed by atoms with E-state index in [2.05, 4.69) is 30.9 Å². The highest BCUT2D eigenvalue weighted by Gasteiger charge is 1.80. The van der Waals surface area contributed by atoms with Crippen molar-refractivity contribution in [1.82, 2.24) is 0 Å². The van der Waals surface area contributed by atoms with Crippen LogP contribution in [0.15, 0.2) is 12.2 Å². The molecule has 0 aliphatic rings. The third kappa shape index (κ3) is 11.3. The Bertz CT molecular complexity index is 171. The third-order valence-electron chi connectivity index (χ3n) is 1.77. The van der Waals surface area contributed by atoms with Gasteiger partial charge in [-0.1, -0.05) is 37.8 Å². The fraction of sp³-hybridized carbons (Fsp3) is 0.667. The van der Waals surface area contributed by atoms with E-state index < -0.39 is 0 Å². The van der Waals surface area contributed by atoms with Crippen LogP contribution < -0.4 is 0 Å². The number of aliphatic hydroxyl groups excluding tert-OH is 1. The molecule has 0 heterocycles. The predicted molar refractivity (Wildman–Crippen MR) is 57.4 cm³/mol. The van der Waals surface area contributed by atoms with Crippen molar-refractivity contribution in [3.05, 3.63) is 12.2 Å². The first kappa shape index (κ1) is 12.3. The van der Waals surface area contributed by atoms with Gasteiger partial charge in [-0.2, -0.15) is 0 Å². The van der Waals surface area contributed by atoms with Crippen molar-refractivity contribution < 1.29 is 5.11 Å². The number of hydrogen-bond acceptors (Lipinski definition) is 1. The highest BCUT2D eigenvalue weighted by molar-refractivity contribution is 4.98.